The molecule has 0 heterocycles. The molecule has 150 valence electrons. The molecule has 0 aromatic carbocycles. The molecule has 0 aliphatic carbocycles. The van der Waals surface area contributed by atoms with Crippen LogP contribution in [0.25, 0.3) is 0 Å². The van der Waals surface area contributed by atoms with Gasteiger partial charge in [-0.15, -0.1) is 0 Å². The zero-order valence-corrected chi connectivity index (χ0v) is 15.0. The molecular weight excluding hydrogens is 344 g/mol. The van der Waals surface area contributed by atoms with E-state index in [2.05, 4.69) is 9.47 Å². The van der Waals surface area contributed by atoms with Gasteiger partial charge in [0.15, 0.2) is 0 Å². The predicted octanol–water partition coefficient (Wildman–Crippen LogP) is -1.18. The van der Waals surface area contributed by atoms with E-state index in [-0.39, 0.29) is 0 Å². The first kappa shape index (κ1) is 24.1. The third-order valence-corrected chi connectivity index (χ3v) is 3.51. The molecule has 0 saturated heterocycles. The summed E-state index contributed by atoms with van der Waals surface area (Å²) in [6, 6.07) is -1.85. The van der Waals surface area contributed by atoms with Crippen molar-refractivity contribution in [3.05, 3.63) is 0 Å². The Morgan fingerprint density at radius 1 is 0.654 bits per heavy atom. The maximum atomic E-state index is 11.6. The SMILES string of the molecule is NCCCCC(N)C(=O)OC(=O)CCC(=O)OC(=O)C(N)CCCCN. The van der Waals surface area contributed by atoms with Crippen LogP contribution in [0.4, 0.5) is 0 Å². The molecule has 0 aromatic rings. The molecule has 0 aromatic heterocycles. The molecule has 0 fully saturated rings. The Morgan fingerprint density at radius 3 is 1.31 bits per heavy atom. The van der Waals surface area contributed by atoms with Gasteiger partial charge in [0, 0.05) is 0 Å². The minimum absolute atomic E-state index is 0.349. The zero-order valence-electron chi connectivity index (χ0n) is 15.0. The highest BCUT2D eigenvalue weighted by Crippen LogP contribution is 2.04. The number of nitrogens with two attached hydrogens (primary N) is 4. The van der Waals surface area contributed by atoms with Gasteiger partial charge in [-0.2, -0.15) is 0 Å². The molecule has 0 aliphatic heterocycles. The van der Waals surface area contributed by atoms with Crippen LogP contribution < -0.4 is 22.9 Å². The molecule has 0 bridgehead atoms. The number of carbonyl (C=O) groups excluding carboxylic acids is 4. The van der Waals surface area contributed by atoms with Crippen LogP contribution in [0.2, 0.25) is 0 Å². The largest absolute Gasteiger partial charge is 0.392 e. The van der Waals surface area contributed by atoms with E-state index in [0.29, 0.717) is 51.6 Å². The van der Waals surface area contributed by atoms with Gasteiger partial charge >= 0.3 is 23.9 Å². The lowest BCUT2D eigenvalue weighted by Gasteiger charge is -2.11. The second-order valence-corrected chi connectivity index (χ2v) is 5.87. The van der Waals surface area contributed by atoms with Crippen molar-refractivity contribution in [3.63, 3.8) is 0 Å². The van der Waals surface area contributed by atoms with Crippen LogP contribution in [-0.4, -0.2) is 49.1 Å². The van der Waals surface area contributed by atoms with Crippen LogP contribution in [0.5, 0.6) is 0 Å². The molecule has 2 unspecified atom stereocenters. The Bertz CT molecular complexity index is 430. The van der Waals surface area contributed by atoms with Crippen molar-refractivity contribution in [3.8, 4) is 0 Å². The van der Waals surface area contributed by atoms with Crippen molar-refractivity contribution in [2.24, 2.45) is 22.9 Å². The third kappa shape index (κ3) is 11.6. The van der Waals surface area contributed by atoms with Gasteiger partial charge in [0.1, 0.15) is 12.1 Å². The summed E-state index contributed by atoms with van der Waals surface area (Å²) in [5.74, 6) is -3.56. The second-order valence-electron chi connectivity index (χ2n) is 5.87. The molecular formula is C16H30N4O6. The van der Waals surface area contributed by atoms with Crippen LogP contribution in [0, 0.1) is 0 Å². The molecule has 0 saturated carbocycles. The first-order valence-electron chi connectivity index (χ1n) is 8.72. The number of esters is 4. The fraction of sp³-hybridized carbons (Fsp3) is 0.750. The quantitative estimate of drug-likeness (QED) is 0.173. The Hall–Kier alpha value is -1.88. The fourth-order valence-corrected chi connectivity index (χ4v) is 1.93. The normalized spacial score (nSPS) is 12.9. The standard InChI is InChI=1S/C16H30N4O6/c17-9-3-1-5-11(19)15(23)25-13(21)7-8-14(22)26-16(24)12(20)6-2-4-10-18/h11-12H,1-10,17-20H2. The first-order chi connectivity index (χ1) is 12.3. The van der Waals surface area contributed by atoms with E-state index in [1.54, 1.807) is 0 Å². The van der Waals surface area contributed by atoms with Crippen LogP contribution in [0.1, 0.15) is 51.4 Å². The summed E-state index contributed by atoms with van der Waals surface area (Å²) in [6.07, 6.45) is 2.59. The van der Waals surface area contributed by atoms with Crippen LogP contribution in [0.15, 0.2) is 0 Å². The highest BCUT2D eigenvalue weighted by atomic mass is 16.6. The van der Waals surface area contributed by atoms with Gasteiger partial charge in [-0.3, -0.25) is 9.59 Å². The summed E-state index contributed by atoms with van der Waals surface area (Å²) in [5.41, 5.74) is 21.8. The van der Waals surface area contributed by atoms with Crippen LogP contribution in [0.3, 0.4) is 0 Å². The van der Waals surface area contributed by atoms with E-state index in [1.807, 2.05) is 0 Å². The molecule has 0 radical (unpaired) electrons. The van der Waals surface area contributed by atoms with E-state index >= 15 is 0 Å². The van der Waals surface area contributed by atoms with E-state index in [4.69, 9.17) is 22.9 Å². The van der Waals surface area contributed by atoms with Crippen molar-refractivity contribution in [1.82, 2.24) is 0 Å². The van der Waals surface area contributed by atoms with Gasteiger partial charge in [-0.05, 0) is 38.8 Å². The Kier molecular flexibility index (Phi) is 13.3. The van der Waals surface area contributed by atoms with Crippen molar-refractivity contribution >= 4 is 23.9 Å². The Labute approximate surface area is 152 Å². The summed E-state index contributed by atoms with van der Waals surface area (Å²) in [4.78, 5) is 46.3. The topological polar surface area (TPSA) is 191 Å². The molecule has 26 heavy (non-hydrogen) atoms. The van der Waals surface area contributed by atoms with Gasteiger partial charge in [-0.1, -0.05) is 12.8 Å². The lowest BCUT2D eigenvalue weighted by Crippen LogP contribution is -2.34. The summed E-state index contributed by atoms with van der Waals surface area (Å²) < 4.78 is 9.10. The minimum Gasteiger partial charge on any atom is -0.392 e. The predicted molar refractivity (Wildman–Crippen MR) is 93.2 cm³/mol. The van der Waals surface area contributed by atoms with Crippen molar-refractivity contribution in [2.45, 2.75) is 63.5 Å². The van der Waals surface area contributed by atoms with Gasteiger partial charge in [0.25, 0.3) is 0 Å². The average Bonchev–Trinajstić information content (AvgIpc) is 2.60. The number of hydrogen-bond donors (Lipinski definition) is 4. The number of unbranched alkanes of at least 4 members (excludes halogenated alkanes) is 2. The molecule has 0 spiro atoms. The first-order valence-corrected chi connectivity index (χ1v) is 8.72. The maximum Gasteiger partial charge on any atom is 0.330 e. The second kappa shape index (κ2) is 14.3. The van der Waals surface area contributed by atoms with Crippen molar-refractivity contribution in [2.75, 3.05) is 13.1 Å². The summed E-state index contributed by atoms with van der Waals surface area (Å²) in [5, 5.41) is 0. The Morgan fingerprint density at radius 2 is 1.00 bits per heavy atom. The lowest BCUT2D eigenvalue weighted by atomic mass is 10.1. The number of hydrogen-bond acceptors (Lipinski definition) is 10. The summed E-state index contributed by atoms with van der Waals surface area (Å²) >= 11 is 0. The maximum absolute atomic E-state index is 11.6. The lowest BCUT2D eigenvalue weighted by molar-refractivity contribution is -0.166. The zero-order chi connectivity index (χ0) is 19.9. The number of carbonyl (C=O) groups is 4. The van der Waals surface area contributed by atoms with E-state index < -0.39 is 48.8 Å². The van der Waals surface area contributed by atoms with Gasteiger partial charge in [-0.25, -0.2) is 9.59 Å². The number of ether oxygens (including phenoxy) is 2. The Balaban J connectivity index is 4.04. The molecule has 0 amide bonds. The van der Waals surface area contributed by atoms with Crippen molar-refractivity contribution in [1.29, 1.82) is 0 Å². The molecule has 2 atom stereocenters. The van der Waals surface area contributed by atoms with E-state index in [1.165, 1.54) is 0 Å². The van der Waals surface area contributed by atoms with Crippen LogP contribution >= 0.6 is 0 Å². The van der Waals surface area contributed by atoms with Gasteiger partial charge in [0.2, 0.25) is 0 Å². The third-order valence-electron chi connectivity index (χ3n) is 3.51. The van der Waals surface area contributed by atoms with Gasteiger partial charge < -0.3 is 32.4 Å². The number of rotatable bonds is 13. The molecule has 8 N–H and O–H groups in total. The molecule has 0 aliphatic rings. The smallest absolute Gasteiger partial charge is 0.330 e. The monoisotopic (exact) mass is 374 g/mol. The van der Waals surface area contributed by atoms with Crippen molar-refractivity contribution < 1.29 is 28.7 Å². The van der Waals surface area contributed by atoms with Gasteiger partial charge in [0.05, 0.1) is 12.8 Å². The summed E-state index contributed by atoms with van der Waals surface area (Å²) in [7, 11) is 0. The highest BCUT2D eigenvalue weighted by molar-refractivity contribution is 5.92. The fourth-order valence-electron chi connectivity index (χ4n) is 1.93. The molecule has 0 rings (SSSR count). The highest BCUT2D eigenvalue weighted by Gasteiger charge is 2.21. The van der Waals surface area contributed by atoms with E-state index in [9.17, 15) is 19.2 Å². The minimum atomic E-state index is -0.925. The summed E-state index contributed by atoms with van der Waals surface area (Å²) in [6.45, 7) is 0.969. The van der Waals surface area contributed by atoms with Crippen LogP contribution in [-0.2, 0) is 28.7 Å². The molecule has 10 nitrogen and oxygen atoms in total. The van der Waals surface area contributed by atoms with E-state index in [0.717, 1.165) is 0 Å². The molecule has 10 heteroatoms. The average molecular weight is 374 g/mol.